The SMILES string of the molecule is C1CCC2=[N+](CC1)CCCN2.C[C@H](CP(=O)(Cl)Oc1cccc2ccccc12)C(=O)OCC(C)(C)C.C[C@H](CP(=O)([O-])Oc1cccc2ccccc12)C(=O)OCC(C)(C)C.[2H]C.[B].[U]. The van der Waals surface area contributed by atoms with Crippen LogP contribution in [0.5, 0.6) is 11.5 Å². The molecule has 2 aliphatic heterocycles. The van der Waals surface area contributed by atoms with Gasteiger partial charge in [0.25, 0.3) is 0 Å². The number of amidine groups is 1. The summed E-state index contributed by atoms with van der Waals surface area (Å²) in [4.78, 5) is 36.4. The van der Waals surface area contributed by atoms with E-state index in [1.165, 1.54) is 71.9 Å². The second-order valence-electron chi connectivity index (χ2n) is 18.4. The molecule has 0 aromatic heterocycles. The molecule has 0 saturated carbocycles. The minimum atomic E-state index is -4.24. The van der Waals surface area contributed by atoms with Crippen LogP contribution in [-0.2, 0) is 28.2 Å². The molecule has 6 rings (SSSR count). The van der Waals surface area contributed by atoms with Crippen molar-refractivity contribution in [2.24, 2.45) is 22.7 Å². The van der Waals surface area contributed by atoms with Gasteiger partial charge < -0.3 is 23.4 Å². The van der Waals surface area contributed by atoms with E-state index in [1.54, 1.807) is 31.2 Å². The van der Waals surface area contributed by atoms with Gasteiger partial charge in [-0.3, -0.25) is 28.6 Å². The van der Waals surface area contributed by atoms with Crippen molar-refractivity contribution in [1.82, 2.24) is 5.32 Å². The predicted octanol–water partition coefficient (Wildman–Crippen LogP) is 11.1. The van der Waals surface area contributed by atoms with Gasteiger partial charge in [-0.25, -0.2) is 0 Å². The monoisotopic (exact) mass is 1160 g/mol. The van der Waals surface area contributed by atoms with Crippen molar-refractivity contribution in [2.45, 2.75) is 94.9 Å². The van der Waals surface area contributed by atoms with Crippen LogP contribution in [-0.4, -0.2) is 75.9 Å². The van der Waals surface area contributed by atoms with Crippen molar-refractivity contribution in [3.63, 3.8) is 0 Å². The van der Waals surface area contributed by atoms with Gasteiger partial charge in [0.05, 0.1) is 50.8 Å². The van der Waals surface area contributed by atoms with Gasteiger partial charge in [-0.1, -0.05) is 136 Å². The van der Waals surface area contributed by atoms with Crippen LogP contribution in [0.4, 0.5) is 0 Å². The Morgan fingerprint density at radius 2 is 1.19 bits per heavy atom. The summed E-state index contributed by atoms with van der Waals surface area (Å²) in [5.74, 6) is -0.113. The van der Waals surface area contributed by atoms with Crippen LogP contribution in [0.15, 0.2) is 84.9 Å². The molecule has 2 unspecified atom stereocenters. The van der Waals surface area contributed by atoms with Gasteiger partial charge in [-0.2, -0.15) is 0 Å². The fourth-order valence-electron chi connectivity index (χ4n) is 6.61. The molecular formula is C48H69BClN2O9P2U. The molecule has 0 spiro atoms. The molecule has 2 heterocycles. The zero-order valence-corrected chi connectivity index (χ0v) is 45.9. The van der Waals surface area contributed by atoms with E-state index in [0.29, 0.717) is 17.7 Å². The summed E-state index contributed by atoms with van der Waals surface area (Å²) in [6.07, 6.45) is 6.33. The van der Waals surface area contributed by atoms with Crippen molar-refractivity contribution < 1.29 is 79.2 Å². The third-order valence-electron chi connectivity index (χ3n) is 9.72. The molecule has 0 saturated heterocycles. The van der Waals surface area contributed by atoms with E-state index in [4.69, 9.17) is 31.1 Å². The van der Waals surface area contributed by atoms with Crippen molar-refractivity contribution >= 4 is 73.3 Å². The summed E-state index contributed by atoms with van der Waals surface area (Å²) in [7, 11) is -2.99. The number of benzene rings is 4. The number of carbonyl (C=O) groups is 2. The van der Waals surface area contributed by atoms with Crippen LogP contribution >= 0.6 is 25.6 Å². The Morgan fingerprint density at radius 3 is 1.70 bits per heavy atom. The third kappa shape index (κ3) is 20.8. The summed E-state index contributed by atoms with van der Waals surface area (Å²) in [5, 5.41) is 6.90. The summed E-state index contributed by atoms with van der Waals surface area (Å²) in [6.45, 7) is 15.7. The van der Waals surface area contributed by atoms with Crippen molar-refractivity contribution in [3.05, 3.63) is 84.9 Å². The Bertz CT molecular complexity index is 2070. The maximum absolute atomic E-state index is 12.7. The van der Waals surface area contributed by atoms with E-state index in [0.717, 1.165) is 16.2 Å². The summed E-state index contributed by atoms with van der Waals surface area (Å²) >= 11 is 6.13. The number of hydrogen-bond acceptors (Lipinski definition) is 10. The van der Waals surface area contributed by atoms with Crippen LogP contribution < -0.4 is 19.3 Å². The zero-order valence-electron chi connectivity index (χ0n) is 40.2. The molecule has 11 nitrogen and oxygen atoms in total. The Morgan fingerprint density at radius 1 is 0.734 bits per heavy atom. The molecule has 0 bridgehead atoms. The molecule has 4 atom stereocenters. The van der Waals surface area contributed by atoms with Crippen molar-refractivity contribution in [1.29, 1.82) is 0 Å². The van der Waals surface area contributed by atoms with Gasteiger partial charge in [-0.15, -0.1) is 0 Å². The first-order chi connectivity index (χ1) is 29.6. The summed E-state index contributed by atoms with van der Waals surface area (Å²) in [6, 6.07) is 25.7. The van der Waals surface area contributed by atoms with Gasteiger partial charge in [0.2, 0.25) is 5.84 Å². The predicted molar refractivity (Wildman–Crippen MR) is 258 cm³/mol. The average Bonchev–Trinajstić information content (AvgIpc) is 3.48. The number of fused-ring (bicyclic) bond motifs is 2. The van der Waals surface area contributed by atoms with E-state index >= 15 is 0 Å². The van der Waals surface area contributed by atoms with Crippen LogP contribution in [0.2, 0.25) is 0 Å². The van der Waals surface area contributed by atoms with E-state index in [2.05, 4.69) is 9.89 Å². The molecule has 0 amide bonds. The van der Waals surface area contributed by atoms with Gasteiger partial charge in [0.15, 0.2) is 7.60 Å². The smallest absolute Gasteiger partial charge is 0.337 e. The first-order valence-corrected chi connectivity index (χ1v) is 25.7. The van der Waals surface area contributed by atoms with Crippen LogP contribution in [0, 0.1) is 53.8 Å². The number of rotatable bonds is 12. The Kier molecular flexibility index (Phi) is 24.3. The first kappa shape index (κ1) is 57.4. The molecule has 0 fully saturated rings. The standard InChI is InChI=1S/C19H24ClO4P.C19H25O5P.C9H16N2.CH4.B.U/c1-14(18(21)23-13-19(2,3)4)12-25(20,22)24-17-11-7-9-15-8-5-6-10-16(15)17;1-14(18(20)23-13-19(2,3)4)12-25(21,22)24-17-11-7-9-15-8-5-6-10-16(15)17;1-2-5-9-10-6-4-8-11(9)7-3-1;;;/h5-11,14H,12-13H2,1-4H3;5-11,14H,12-13H2,1-4H3,(H,21,22);1-8H2;1H4;;/t14-,25?;14-;;;;/m11..../s1/i;;;1D;;. The normalized spacial score (nSPS) is 16.5. The van der Waals surface area contributed by atoms with Crippen LogP contribution in [0.3, 0.4) is 0 Å². The average molecular weight is 1170 g/mol. The minimum Gasteiger partial charge on any atom is -0.769 e. The molecule has 16 heteroatoms. The number of nitrogens with one attached hydrogen (secondary N) is 1. The molecular weight excluding hydrogens is 1090 g/mol. The maximum atomic E-state index is 12.7. The van der Waals surface area contributed by atoms with Gasteiger partial charge in [0, 0.05) is 70.7 Å². The van der Waals surface area contributed by atoms with Gasteiger partial charge in [-0.05, 0) is 64.2 Å². The Labute approximate surface area is 414 Å². The molecule has 64 heavy (non-hydrogen) atoms. The minimum absolute atomic E-state index is 0. The summed E-state index contributed by atoms with van der Waals surface area (Å²) in [5.41, 5.74) is -0.296. The quantitative estimate of drug-likeness (QED) is 0.0630. The maximum Gasteiger partial charge on any atom is 0.337 e. The zero-order chi connectivity index (χ0) is 46.8. The van der Waals surface area contributed by atoms with E-state index in [1.807, 2.05) is 102 Å². The topological polar surface area (TPSA) is 143 Å². The molecule has 3 radical (unpaired) electrons. The summed E-state index contributed by atoms with van der Waals surface area (Å²) < 4.78 is 54.6. The first-order valence-electron chi connectivity index (χ1n) is 22.2. The van der Waals surface area contributed by atoms with E-state index < -0.39 is 44.3 Å². The number of esters is 2. The van der Waals surface area contributed by atoms with E-state index in [9.17, 15) is 23.6 Å². The van der Waals surface area contributed by atoms with E-state index in [-0.39, 0.29) is 68.9 Å². The number of halogens is 1. The van der Waals surface area contributed by atoms with Crippen LogP contribution in [0.25, 0.3) is 21.5 Å². The number of ether oxygens (including phenoxy) is 2. The fraction of sp³-hybridized carbons (Fsp3) is 0.521. The van der Waals surface area contributed by atoms with Crippen molar-refractivity contribution in [3.8, 4) is 11.5 Å². The fourth-order valence-corrected chi connectivity index (χ4v) is 10.1. The van der Waals surface area contributed by atoms with Gasteiger partial charge in [0.1, 0.15) is 11.5 Å². The number of carbonyl (C=O) groups excluding carboxylic acids is 2. The van der Waals surface area contributed by atoms with Crippen molar-refractivity contribution in [2.75, 3.05) is 45.2 Å². The molecule has 4 aromatic rings. The number of nitrogens with zero attached hydrogens (tertiary/aromatic N) is 1. The van der Waals surface area contributed by atoms with Gasteiger partial charge >= 0.3 is 18.7 Å². The second-order valence-corrected chi connectivity index (χ2v) is 23.4. The number of hydrogen-bond donors (Lipinski definition) is 1. The molecule has 4 aromatic carbocycles. The molecule has 1 N–H and O–H groups in total. The molecule has 0 aliphatic carbocycles. The second kappa shape index (κ2) is 27.1. The largest absolute Gasteiger partial charge is 0.769 e. The third-order valence-corrected chi connectivity index (χ3v) is 13.3. The van der Waals surface area contributed by atoms with Crippen LogP contribution in [0.1, 0.15) is 96.3 Å². The molecule has 2 aliphatic rings. The Balaban J connectivity index is 0.000000500. The molecule has 349 valence electrons. The Hall–Kier alpha value is -2.76.